The molecule has 0 saturated heterocycles. The predicted octanol–water partition coefficient (Wildman–Crippen LogP) is 2.01. The highest BCUT2D eigenvalue weighted by Crippen LogP contribution is 2.25. The molecule has 3 rings (SSSR count). The molecule has 2 heterocycles. The van der Waals surface area contributed by atoms with Gasteiger partial charge in [-0.05, 0) is 37.5 Å². The Labute approximate surface area is 159 Å². The summed E-state index contributed by atoms with van der Waals surface area (Å²) in [6.45, 7) is 6.41. The summed E-state index contributed by atoms with van der Waals surface area (Å²) < 4.78 is 16.3. The fourth-order valence-corrected chi connectivity index (χ4v) is 2.93. The molecule has 0 amide bonds. The van der Waals surface area contributed by atoms with Crippen LogP contribution in [0, 0.1) is 0 Å². The first kappa shape index (κ1) is 19.2. The average Bonchev–Trinajstić information content (AvgIpc) is 3.33. The number of ether oxygens (including phenoxy) is 2. The fraction of sp³-hybridized carbons (Fsp3) is 0.526. The Morgan fingerprint density at radius 1 is 1.37 bits per heavy atom. The monoisotopic (exact) mass is 373 g/mol. The van der Waals surface area contributed by atoms with E-state index in [0.29, 0.717) is 30.8 Å². The number of fused-ring (bicyclic) bond motifs is 1. The van der Waals surface area contributed by atoms with Gasteiger partial charge in [0.05, 0.1) is 13.2 Å². The lowest BCUT2D eigenvalue weighted by atomic mass is 10.1. The van der Waals surface area contributed by atoms with E-state index >= 15 is 0 Å². The molecule has 0 bridgehead atoms. The first-order valence-corrected chi connectivity index (χ1v) is 9.32. The van der Waals surface area contributed by atoms with Gasteiger partial charge in [-0.2, -0.15) is 4.98 Å². The molecule has 0 aliphatic carbocycles. The molecule has 2 aromatic rings. The molecule has 8 nitrogen and oxygen atoms in total. The highest BCUT2D eigenvalue weighted by molar-refractivity contribution is 5.79. The van der Waals surface area contributed by atoms with Crippen molar-refractivity contribution in [2.75, 3.05) is 26.8 Å². The smallest absolute Gasteiger partial charge is 0.246 e. The quantitative estimate of drug-likeness (QED) is 0.540. The van der Waals surface area contributed by atoms with E-state index in [4.69, 9.17) is 14.0 Å². The number of nitrogens with one attached hydrogen (secondary N) is 2. The van der Waals surface area contributed by atoms with E-state index in [0.717, 1.165) is 31.7 Å². The van der Waals surface area contributed by atoms with Gasteiger partial charge < -0.3 is 24.6 Å². The third-order valence-corrected chi connectivity index (χ3v) is 4.35. The maximum atomic E-state index is 5.54. The summed E-state index contributed by atoms with van der Waals surface area (Å²) in [4.78, 5) is 8.56. The number of aliphatic imine (C=N–C) groups is 1. The molecule has 0 saturated carbocycles. The number of hydrogen-bond acceptors (Lipinski definition) is 6. The van der Waals surface area contributed by atoms with Gasteiger partial charge in [0, 0.05) is 26.6 Å². The van der Waals surface area contributed by atoms with E-state index in [1.165, 1.54) is 11.1 Å². The third kappa shape index (κ3) is 5.19. The molecule has 1 aromatic carbocycles. The van der Waals surface area contributed by atoms with Crippen LogP contribution in [0.1, 0.15) is 42.8 Å². The summed E-state index contributed by atoms with van der Waals surface area (Å²) in [6.07, 6.45) is 1.72. The van der Waals surface area contributed by atoms with Crippen LogP contribution in [0.4, 0.5) is 0 Å². The Morgan fingerprint density at radius 3 is 3.07 bits per heavy atom. The second kappa shape index (κ2) is 9.36. The molecule has 8 heteroatoms. The number of benzene rings is 1. The maximum Gasteiger partial charge on any atom is 0.246 e. The maximum absolute atomic E-state index is 5.54. The SMILES string of the molecule is CCOC(C)c1noc(CNC(=NC)NCCc2ccc3c(c2)CCO3)n1. The second-order valence-corrected chi connectivity index (χ2v) is 6.29. The Hall–Kier alpha value is -2.61. The summed E-state index contributed by atoms with van der Waals surface area (Å²) in [5, 5.41) is 10.4. The van der Waals surface area contributed by atoms with Crippen molar-refractivity contribution in [3.63, 3.8) is 0 Å². The van der Waals surface area contributed by atoms with Crippen LogP contribution in [-0.4, -0.2) is 42.9 Å². The van der Waals surface area contributed by atoms with Crippen molar-refractivity contribution in [3.8, 4) is 5.75 Å². The Bertz CT molecular complexity index is 774. The van der Waals surface area contributed by atoms with Gasteiger partial charge in [0.2, 0.25) is 5.89 Å². The largest absolute Gasteiger partial charge is 0.493 e. The van der Waals surface area contributed by atoms with Gasteiger partial charge in [-0.15, -0.1) is 0 Å². The van der Waals surface area contributed by atoms with E-state index < -0.39 is 0 Å². The lowest BCUT2D eigenvalue weighted by molar-refractivity contribution is 0.0683. The van der Waals surface area contributed by atoms with Crippen LogP contribution < -0.4 is 15.4 Å². The van der Waals surface area contributed by atoms with Gasteiger partial charge in [0.1, 0.15) is 11.9 Å². The molecule has 1 aliphatic heterocycles. The van der Waals surface area contributed by atoms with Crippen LogP contribution in [-0.2, 0) is 24.1 Å². The van der Waals surface area contributed by atoms with Crippen LogP contribution in [0.15, 0.2) is 27.7 Å². The zero-order valence-electron chi connectivity index (χ0n) is 16.1. The lowest BCUT2D eigenvalue weighted by Gasteiger charge is -2.11. The van der Waals surface area contributed by atoms with Crippen molar-refractivity contribution in [1.29, 1.82) is 0 Å². The normalized spacial score (nSPS) is 14.6. The van der Waals surface area contributed by atoms with Gasteiger partial charge in [-0.1, -0.05) is 17.3 Å². The predicted molar refractivity (Wildman–Crippen MR) is 102 cm³/mol. The van der Waals surface area contributed by atoms with E-state index in [-0.39, 0.29) is 6.10 Å². The molecular weight excluding hydrogens is 346 g/mol. The molecule has 1 aromatic heterocycles. The van der Waals surface area contributed by atoms with Gasteiger partial charge >= 0.3 is 0 Å². The topological polar surface area (TPSA) is 93.8 Å². The highest BCUT2D eigenvalue weighted by atomic mass is 16.5. The number of nitrogens with zero attached hydrogens (tertiary/aromatic N) is 3. The summed E-state index contributed by atoms with van der Waals surface area (Å²) >= 11 is 0. The Morgan fingerprint density at radius 2 is 2.26 bits per heavy atom. The summed E-state index contributed by atoms with van der Waals surface area (Å²) in [6, 6.07) is 6.39. The molecule has 1 aliphatic rings. The standard InChI is InChI=1S/C19H27N5O3/c1-4-25-13(2)18-23-17(27-24-18)12-22-19(20-3)21-9-7-14-5-6-16-15(11-14)8-10-26-16/h5-6,11,13H,4,7-10,12H2,1-3H3,(H2,20,21,22). The molecule has 0 fully saturated rings. The number of hydrogen-bond donors (Lipinski definition) is 2. The van der Waals surface area contributed by atoms with E-state index in [2.05, 4.69) is 44.0 Å². The van der Waals surface area contributed by atoms with Crippen LogP contribution >= 0.6 is 0 Å². The molecule has 0 spiro atoms. The summed E-state index contributed by atoms with van der Waals surface area (Å²) in [7, 11) is 1.73. The Kier molecular flexibility index (Phi) is 6.64. The van der Waals surface area contributed by atoms with Crippen LogP contribution in [0.3, 0.4) is 0 Å². The molecular formula is C19H27N5O3. The van der Waals surface area contributed by atoms with Crippen molar-refractivity contribution in [2.24, 2.45) is 4.99 Å². The van der Waals surface area contributed by atoms with Crippen molar-refractivity contribution >= 4 is 5.96 Å². The first-order chi connectivity index (χ1) is 13.2. The van der Waals surface area contributed by atoms with Gasteiger partial charge in [0.25, 0.3) is 0 Å². The van der Waals surface area contributed by atoms with Crippen LogP contribution in [0.25, 0.3) is 0 Å². The van der Waals surface area contributed by atoms with E-state index in [1.807, 2.05) is 13.8 Å². The van der Waals surface area contributed by atoms with Gasteiger partial charge in [-0.25, -0.2) is 0 Å². The number of guanidine groups is 1. The second-order valence-electron chi connectivity index (χ2n) is 6.29. The third-order valence-electron chi connectivity index (χ3n) is 4.35. The van der Waals surface area contributed by atoms with E-state index in [9.17, 15) is 0 Å². The highest BCUT2D eigenvalue weighted by Gasteiger charge is 2.14. The van der Waals surface area contributed by atoms with Gasteiger partial charge in [-0.3, -0.25) is 4.99 Å². The molecule has 2 N–H and O–H groups in total. The average molecular weight is 373 g/mol. The van der Waals surface area contributed by atoms with E-state index in [1.54, 1.807) is 7.05 Å². The van der Waals surface area contributed by atoms with Crippen molar-refractivity contribution in [2.45, 2.75) is 39.3 Å². The minimum atomic E-state index is -0.178. The summed E-state index contributed by atoms with van der Waals surface area (Å²) in [5.41, 5.74) is 2.58. The molecule has 1 atom stereocenters. The molecule has 0 radical (unpaired) electrons. The number of rotatable bonds is 8. The van der Waals surface area contributed by atoms with Crippen molar-refractivity contribution < 1.29 is 14.0 Å². The minimum Gasteiger partial charge on any atom is -0.493 e. The summed E-state index contributed by atoms with van der Waals surface area (Å²) in [5.74, 6) is 2.76. The molecule has 1 unspecified atom stereocenters. The Balaban J connectivity index is 1.43. The van der Waals surface area contributed by atoms with Crippen molar-refractivity contribution in [3.05, 3.63) is 41.0 Å². The van der Waals surface area contributed by atoms with Gasteiger partial charge in [0.15, 0.2) is 11.8 Å². The number of aromatic nitrogens is 2. The zero-order chi connectivity index (χ0) is 19.1. The fourth-order valence-electron chi connectivity index (χ4n) is 2.93. The molecule has 146 valence electrons. The zero-order valence-corrected chi connectivity index (χ0v) is 16.1. The molecule has 27 heavy (non-hydrogen) atoms. The van der Waals surface area contributed by atoms with Crippen LogP contribution in [0.5, 0.6) is 5.75 Å². The first-order valence-electron chi connectivity index (χ1n) is 9.32. The van der Waals surface area contributed by atoms with Crippen LogP contribution in [0.2, 0.25) is 0 Å². The lowest BCUT2D eigenvalue weighted by Crippen LogP contribution is -2.37. The van der Waals surface area contributed by atoms with Crippen molar-refractivity contribution in [1.82, 2.24) is 20.8 Å². The minimum absolute atomic E-state index is 0.178.